The van der Waals surface area contributed by atoms with Gasteiger partial charge in [-0.3, -0.25) is 9.48 Å². The summed E-state index contributed by atoms with van der Waals surface area (Å²) in [5, 5.41) is 22.0. The molecule has 0 radical (unpaired) electrons. The zero-order chi connectivity index (χ0) is 21.4. The second-order valence-corrected chi connectivity index (χ2v) is 7.80. The van der Waals surface area contributed by atoms with Gasteiger partial charge in [-0.1, -0.05) is 30.3 Å². The zero-order valence-electron chi connectivity index (χ0n) is 17.1. The van der Waals surface area contributed by atoms with Gasteiger partial charge in [0.1, 0.15) is 18.4 Å². The van der Waals surface area contributed by atoms with E-state index in [2.05, 4.69) is 15.5 Å². The first-order chi connectivity index (χ1) is 15.1. The van der Waals surface area contributed by atoms with Crippen molar-refractivity contribution in [2.24, 2.45) is 13.0 Å². The molecule has 8 heteroatoms. The van der Waals surface area contributed by atoms with E-state index in [1.54, 1.807) is 15.4 Å². The first-order valence-corrected chi connectivity index (χ1v) is 10.3. The van der Waals surface area contributed by atoms with Crippen LogP contribution < -0.4 is 10.1 Å². The van der Waals surface area contributed by atoms with Crippen molar-refractivity contribution in [2.75, 3.05) is 11.9 Å². The Morgan fingerprint density at radius 2 is 2.06 bits per heavy atom. The maximum Gasteiger partial charge on any atom is 0.228 e. The molecule has 1 aromatic carbocycles. The van der Waals surface area contributed by atoms with Crippen molar-refractivity contribution in [3.05, 3.63) is 66.5 Å². The number of benzene rings is 1. The molecule has 0 saturated heterocycles. The molecular formula is C23H23N5O3. The van der Waals surface area contributed by atoms with Crippen molar-refractivity contribution >= 4 is 17.2 Å². The summed E-state index contributed by atoms with van der Waals surface area (Å²) >= 11 is 0. The normalized spacial score (nSPS) is 14.5. The number of carbonyl (C=O) groups excluding carboxylic acids is 1. The Hall–Kier alpha value is -3.65. The van der Waals surface area contributed by atoms with Crippen LogP contribution in [0.2, 0.25) is 0 Å². The van der Waals surface area contributed by atoms with Crippen molar-refractivity contribution in [3.63, 3.8) is 0 Å². The maximum atomic E-state index is 12.0. The maximum absolute atomic E-state index is 12.0. The third-order valence-electron chi connectivity index (χ3n) is 5.42. The number of ether oxygens (including phenoxy) is 1. The minimum atomic E-state index is -0.732. The van der Waals surface area contributed by atoms with Gasteiger partial charge in [0.15, 0.2) is 11.6 Å². The first-order valence-electron chi connectivity index (χ1n) is 10.3. The number of aliphatic hydroxyl groups is 1. The molecule has 158 valence electrons. The molecule has 8 nitrogen and oxygen atoms in total. The largest absolute Gasteiger partial charge is 0.487 e. The Balaban J connectivity index is 1.37. The van der Waals surface area contributed by atoms with E-state index in [0.29, 0.717) is 11.6 Å². The number of nitrogens with one attached hydrogen (secondary N) is 1. The predicted molar refractivity (Wildman–Crippen MR) is 116 cm³/mol. The number of fused-ring (bicyclic) bond motifs is 1. The van der Waals surface area contributed by atoms with Gasteiger partial charge in [-0.05, 0) is 30.5 Å². The molecule has 0 aliphatic heterocycles. The second kappa shape index (κ2) is 7.88. The van der Waals surface area contributed by atoms with Gasteiger partial charge in [0, 0.05) is 30.8 Å². The third kappa shape index (κ3) is 4.02. The number of amides is 1. The fourth-order valence-corrected chi connectivity index (χ4v) is 3.57. The summed E-state index contributed by atoms with van der Waals surface area (Å²) in [6.45, 7) is 0.120. The number of anilines is 1. The number of aromatic nitrogens is 4. The highest BCUT2D eigenvalue weighted by atomic mass is 16.5. The quantitative estimate of drug-likeness (QED) is 0.482. The average molecular weight is 417 g/mol. The SMILES string of the molecule is Cn1ncc(OC[C@H](O)c2ccccc2)c1-c1ccn2nc(NC(=O)C3CC3)cc2c1. The molecule has 5 rings (SSSR count). The number of rotatable bonds is 7. The topological polar surface area (TPSA) is 93.7 Å². The van der Waals surface area contributed by atoms with Crippen LogP contribution in [0, 0.1) is 5.92 Å². The summed E-state index contributed by atoms with van der Waals surface area (Å²) in [4.78, 5) is 12.0. The predicted octanol–water partition coefficient (Wildman–Crippen LogP) is 3.20. The van der Waals surface area contributed by atoms with Gasteiger partial charge in [0.05, 0.1) is 11.7 Å². The standard InChI is InChI=1S/C23H23N5O3/c1-27-22(20(13-24-27)31-14-19(29)15-5-3-2-4-6-15)17-9-10-28-18(11-17)12-21(26-28)25-23(30)16-7-8-16/h2-6,9-13,16,19,29H,7-8,14H2,1H3,(H,25,26,30)/t19-/m0/s1. The molecule has 1 saturated carbocycles. The number of aryl methyl sites for hydroxylation is 1. The zero-order valence-corrected chi connectivity index (χ0v) is 17.1. The van der Waals surface area contributed by atoms with Crippen molar-refractivity contribution in [2.45, 2.75) is 18.9 Å². The monoisotopic (exact) mass is 417 g/mol. The molecule has 0 unspecified atom stereocenters. The number of nitrogens with zero attached hydrogens (tertiary/aromatic N) is 4. The third-order valence-corrected chi connectivity index (χ3v) is 5.42. The highest BCUT2D eigenvalue weighted by molar-refractivity contribution is 5.93. The second-order valence-electron chi connectivity index (χ2n) is 7.80. The molecule has 4 aromatic rings. The molecular weight excluding hydrogens is 394 g/mol. The van der Waals surface area contributed by atoms with E-state index in [-0.39, 0.29) is 18.4 Å². The molecule has 1 aliphatic carbocycles. The summed E-state index contributed by atoms with van der Waals surface area (Å²) in [5.74, 6) is 1.29. The Bertz CT molecular complexity index is 1230. The van der Waals surface area contributed by atoms with E-state index in [0.717, 1.165) is 35.2 Å². The van der Waals surface area contributed by atoms with Gasteiger partial charge in [0.2, 0.25) is 5.91 Å². The molecule has 1 aliphatic rings. The number of carbonyl (C=O) groups is 1. The smallest absolute Gasteiger partial charge is 0.228 e. The van der Waals surface area contributed by atoms with Crippen LogP contribution in [0.4, 0.5) is 5.82 Å². The van der Waals surface area contributed by atoms with Gasteiger partial charge < -0.3 is 15.2 Å². The Labute approximate surface area is 179 Å². The van der Waals surface area contributed by atoms with E-state index < -0.39 is 6.10 Å². The van der Waals surface area contributed by atoms with Gasteiger partial charge >= 0.3 is 0 Å². The highest BCUT2D eigenvalue weighted by Gasteiger charge is 2.30. The molecule has 0 bridgehead atoms. The number of hydrogen-bond acceptors (Lipinski definition) is 5. The van der Waals surface area contributed by atoms with Crippen LogP contribution in [-0.4, -0.2) is 37.0 Å². The van der Waals surface area contributed by atoms with Gasteiger partial charge in [0.25, 0.3) is 0 Å². The van der Waals surface area contributed by atoms with E-state index in [1.807, 2.05) is 61.8 Å². The van der Waals surface area contributed by atoms with Crippen LogP contribution >= 0.6 is 0 Å². The molecule has 3 heterocycles. The average Bonchev–Trinajstić information content (AvgIpc) is 3.47. The number of pyridine rings is 1. The summed E-state index contributed by atoms with van der Waals surface area (Å²) in [7, 11) is 1.84. The molecule has 1 atom stereocenters. The van der Waals surface area contributed by atoms with Crippen LogP contribution in [0.15, 0.2) is 60.9 Å². The molecule has 3 aromatic heterocycles. The molecule has 1 amide bonds. The Morgan fingerprint density at radius 1 is 1.26 bits per heavy atom. The summed E-state index contributed by atoms with van der Waals surface area (Å²) < 4.78 is 9.38. The Kier molecular flexibility index (Phi) is 4.91. The van der Waals surface area contributed by atoms with Gasteiger partial charge in [-0.15, -0.1) is 0 Å². The van der Waals surface area contributed by atoms with Crippen LogP contribution in [0.3, 0.4) is 0 Å². The van der Waals surface area contributed by atoms with Gasteiger partial charge in [-0.2, -0.15) is 10.2 Å². The van der Waals surface area contributed by atoms with E-state index in [1.165, 1.54) is 0 Å². The summed E-state index contributed by atoms with van der Waals surface area (Å²) in [6.07, 6.45) is 4.66. The van der Waals surface area contributed by atoms with Crippen molar-refractivity contribution in [1.82, 2.24) is 19.4 Å². The van der Waals surface area contributed by atoms with Gasteiger partial charge in [-0.25, -0.2) is 4.52 Å². The lowest BCUT2D eigenvalue weighted by Gasteiger charge is -2.13. The van der Waals surface area contributed by atoms with E-state index in [9.17, 15) is 9.90 Å². The minimum absolute atomic E-state index is 0.0305. The fourth-order valence-electron chi connectivity index (χ4n) is 3.57. The minimum Gasteiger partial charge on any atom is -0.487 e. The van der Waals surface area contributed by atoms with Crippen molar-refractivity contribution in [3.8, 4) is 17.0 Å². The lowest BCUT2D eigenvalue weighted by Crippen LogP contribution is -2.13. The number of aliphatic hydroxyl groups excluding tert-OH is 1. The lowest BCUT2D eigenvalue weighted by atomic mass is 10.1. The number of hydrogen-bond donors (Lipinski definition) is 2. The first kappa shape index (κ1) is 19.3. The lowest BCUT2D eigenvalue weighted by molar-refractivity contribution is -0.117. The summed E-state index contributed by atoms with van der Waals surface area (Å²) in [5.41, 5.74) is 3.35. The molecule has 0 spiro atoms. The molecule has 31 heavy (non-hydrogen) atoms. The van der Waals surface area contributed by atoms with Crippen LogP contribution in [-0.2, 0) is 11.8 Å². The van der Waals surface area contributed by atoms with Crippen LogP contribution in [0.5, 0.6) is 5.75 Å². The summed E-state index contributed by atoms with van der Waals surface area (Å²) in [6, 6.07) is 15.1. The van der Waals surface area contributed by atoms with Crippen LogP contribution in [0.25, 0.3) is 16.8 Å². The van der Waals surface area contributed by atoms with Crippen molar-refractivity contribution in [1.29, 1.82) is 0 Å². The highest BCUT2D eigenvalue weighted by Crippen LogP contribution is 2.32. The Morgan fingerprint density at radius 3 is 2.84 bits per heavy atom. The van der Waals surface area contributed by atoms with E-state index >= 15 is 0 Å². The fraction of sp³-hybridized carbons (Fsp3) is 0.261. The van der Waals surface area contributed by atoms with Crippen molar-refractivity contribution < 1.29 is 14.6 Å². The van der Waals surface area contributed by atoms with Crippen LogP contribution in [0.1, 0.15) is 24.5 Å². The van der Waals surface area contributed by atoms with E-state index in [4.69, 9.17) is 4.74 Å². The molecule has 1 fully saturated rings. The molecule has 2 N–H and O–H groups in total.